The van der Waals surface area contributed by atoms with Crippen molar-refractivity contribution in [1.82, 2.24) is 9.73 Å². The molecule has 2 N–H and O–H groups in total. The fourth-order valence-electron chi connectivity index (χ4n) is 2.22. The first-order valence-electron chi connectivity index (χ1n) is 8.21. The van der Waals surface area contributed by atoms with Gasteiger partial charge in [-0.15, -0.1) is 0 Å². The Morgan fingerprint density at radius 2 is 1.69 bits per heavy atom. The molecule has 0 saturated carbocycles. The lowest BCUT2D eigenvalue weighted by Gasteiger charge is -2.16. The normalized spacial score (nSPS) is 11.6. The van der Waals surface area contributed by atoms with Crippen LogP contribution in [0.4, 0.5) is 5.69 Å². The van der Waals surface area contributed by atoms with Crippen LogP contribution in [-0.4, -0.2) is 44.3 Å². The molecule has 0 saturated heterocycles. The van der Waals surface area contributed by atoms with Crippen LogP contribution in [-0.2, 0) is 19.6 Å². The van der Waals surface area contributed by atoms with Crippen LogP contribution in [0.2, 0.25) is 10.0 Å². The van der Waals surface area contributed by atoms with Crippen LogP contribution in [0.5, 0.6) is 0 Å². The SMILES string of the molecule is CC(=O)Nc1ccc(S(=O)(=O)N(C)CC(=O)N/N=C/c2c(Cl)cccc2Cl)cc1. The van der Waals surface area contributed by atoms with Crippen LogP contribution in [0.1, 0.15) is 12.5 Å². The van der Waals surface area contributed by atoms with E-state index in [-0.39, 0.29) is 10.8 Å². The van der Waals surface area contributed by atoms with Crippen molar-refractivity contribution in [2.75, 3.05) is 18.9 Å². The van der Waals surface area contributed by atoms with E-state index in [9.17, 15) is 18.0 Å². The van der Waals surface area contributed by atoms with Gasteiger partial charge in [0.2, 0.25) is 15.9 Å². The van der Waals surface area contributed by atoms with Crippen LogP contribution < -0.4 is 10.7 Å². The van der Waals surface area contributed by atoms with Gasteiger partial charge in [0.05, 0.1) is 27.7 Å². The predicted octanol–water partition coefficient (Wildman–Crippen LogP) is 2.72. The number of carbonyl (C=O) groups is 2. The molecule has 0 aliphatic heterocycles. The van der Waals surface area contributed by atoms with Gasteiger partial charge in [-0.2, -0.15) is 9.41 Å². The number of sulfonamides is 1. The minimum absolute atomic E-state index is 0.0201. The lowest BCUT2D eigenvalue weighted by Crippen LogP contribution is -2.36. The maximum atomic E-state index is 12.6. The molecule has 0 aliphatic carbocycles. The molecule has 2 rings (SSSR count). The maximum absolute atomic E-state index is 12.6. The van der Waals surface area contributed by atoms with E-state index in [2.05, 4.69) is 15.8 Å². The summed E-state index contributed by atoms with van der Waals surface area (Å²) >= 11 is 12.0. The molecule has 0 aliphatic rings. The van der Waals surface area contributed by atoms with Crippen molar-refractivity contribution in [2.24, 2.45) is 5.10 Å². The van der Waals surface area contributed by atoms with E-state index in [0.29, 0.717) is 21.3 Å². The van der Waals surface area contributed by atoms with Gasteiger partial charge in [-0.25, -0.2) is 13.8 Å². The Morgan fingerprint density at radius 1 is 1.10 bits per heavy atom. The molecule has 0 atom stereocenters. The maximum Gasteiger partial charge on any atom is 0.255 e. The van der Waals surface area contributed by atoms with Crippen molar-refractivity contribution in [2.45, 2.75) is 11.8 Å². The third-order valence-electron chi connectivity index (χ3n) is 3.63. The van der Waals surface area contributed by atoms with Gasteiger partial charge in [0.25, 0.3) is 5.91 Å². The summed E-state index contributed by atoms with van der Waals surface area (Å²) < 4.78 is 26.0. The highest BCUT2D eigenvalue weighted by atomic mass is 35.5. The Kier molecular flexibility index (Phi) is 7.74. The summed E-state index contributed by atoms with van der Waals surface area (Å²) in [5, 5.41) is 7.02. The molecule has 0 spiro atoms. The molecule has 0 bridgehead atoms. The summed E-state index contributed by atoms with van der Waals surface area (Å²) in [5.41, 5.74) is 3.12. The van der Waals surface area contributed by atoms with Crippen molar-refractivity contribution in [1.29, 1.82) is 0 Å². The van der Waals surface area contributed by atoms with Crippen LogP contribution in [0.25, 0.3) is 0 Å². The lowest BCUT2D eigenvalue weighted by molar-refractivity contribution is -0.121. The van der Waals surface area contributed by atoms with Gasteiger partial charge in [0.15, 0.2) is 0 Å². The molecule has 2 aromatic rings. The first-order chi connectivity index (χ1) is 13.6. The summed E-state index contributed by atoms with van der Waals surface area (Å²) in [4.78, 5) is 23.0. The number of carbonyl (C=O) groups excluding carboxylic acids is 2. The predicted molar refractivity (Wildman–Crippen MR) is 113 cm³/mol. The quantitative estimate of drug-likeness (QED) is 0.492. The second-order valence-corrected chi connectivity index (χ2v) is 8.75. The molecule has 0 fully saturated rings. The van der Waals surface area contributed by atoms with Crippen molar-refractivity contribution in [3.63, 3.8) is 0 Å². The summed E-state index contributed by atoms with van der Waals surface area (Å²) in [5.74, 6) is -0.918. The molecular formula is C18H18Cl2N4O4S. The Bertz CT molecular complexity index is 1020. The Labute approximate surface area is 178 Å². The topological polar surface area (TPSA) is 108 Å². The number of hydrogen-bond donors (Lipinski definition) is 2. The number of anilines is 1. The number of hydrogen-bond acceptors (Lipinski definition) is 5. The molecule has 0 radical (unpaired) electrons. The van der Waals surface area contributed by atoms with E-state index >= 15 is 0 Å². The highest BCUT2D eigenvalue weighted by molar-refractivity contribution is 7.89. The first kappa shape index (κ1) is 22.8. The Balaban J connectivity index is 2.00. The lowest BCUT2D eigenvalue weighted by atomic mass is 10.2. The summed E-state index contributed by atoms with van der Waals surface area (Å²) in [6, 6.07) is 10.5. The number of nitrogens with zero attached hydrogens (tertiary/aromatic N) is 2. The second-order valence-electron chi connectivity index (χ2n) is 5.90. The summed E-state index contributed by atoms with van der Waals surface area (Å²) in [6.45, 7) is 0.891. The van der Waals surface area contributed by atoms with Crippen LogP contribution in [0.3, 0.4) is 0 Å². The van der Waals surface area contributed by atoms with E-state index in [4.69, 9.17) is 23.2 Å². The molecule has 29 heavy (non-hydrogen) atoms. The average molecular weight is 457 g/mol. The highest BCUT2D eigenvalue weighted by Gasteiger charge is 2.22. The fourth-order valence-corrected chi connectivity index (χ4v) is 3.84. The van der Waals surface area contributed by atoms with E-state index < -0.39 is 22.5 Å². The molecule has 8 nitrogen and oxygen atoms in total. The zero-order valence-electron chi connectivity index (χ0n) is 15.5. The van der Waals surface area contributed by atoms with Gasteiger partial charge in [-0.3, -0.25) is 9.59 Å². The van der Waals surface area contributed by atoms with E-state index in [0.717, 1.165) is 4.31 Å². The van der Waals surface area contributed by atoms with E-state index in [1.807, 2.05) is 0 Å². The third kappa shape index (κ3) is 6.26. The van der Waals surface area contributed by atoms with Crippen LogP contribution >= 0.6 is 23.2 Å². The smallest absolute Gasteiger partial charge is 0.255 e. The summed E-state index contributed by atoms with van der Waals surface area (Å²) in [7, 11) is -2.64. The fraction of sp³-hybridized carbons (Fsp3) is 0.167. The average Bonchev–Trinajstić information content (AvgIpc) is 2.64. The highest BCUT2D eigenvalue weighted by Crippen LogP contribution is 2.22. The zero-order chi connectivity index (χ0) is 21.6. The van der Waals surface area contributed by atoms with Crippen molar-refractivity contribution in [3.05, 3.63) is 58.1 Å². The van der Waals surface area contributed by atoms with Gasteiger partial charge in [0, 0.05) is 25.2 Å². The molecule has 2 aromatic carbocycles. The van der Waals surface area contributed by atoms with E-state index in [1.54, 1.807) is 18.2 Å². The van der Waals surface area contributed by atoms with Gasteiger partial charge in [0.1, 0.15) is 0 Å². The van der Waals surface area contributed by atoms with Crippen molar-refractivity contribution < 1.29 is 18.0 Å². The van der Waals surface area contributed by atoms with Gasteiger partial charge in [-0.05, 0) is 36.4 Å². The van der Waals surface area contributed by atoms with Gasteiger partial charge >= 0.3 is 0 Å². The van der Waals surface area contributed by atoms with Crippen LogP contribution in [0.15, 0.2) is 52.5 Å². The molecule has 0 aromatic heterocycles. The molecule has 0 heterocycles. The molecule has 0 unspecified atom stereocenters. The Hall–Kier alpha value is -2.46. The molecule has 2 amide bonds. The largest absolute Gasteiger partial charge is 0.326 e. The summed E-state index contributed by atoms with van der Waals surface area (Å²) in [6.07, 6.45) is 1.28. The van der Waals surface area contributed by atoms with Gasteiger partial charge < -0.3 is 5.32 Å². The van der Waals surface area contributed by atoms with Crippen molar-refractivity contribution >= 4 is 56.9 Å². The van der Waals surface area contributed by atoms with Crippen molar-refractivity contribution in [3.8, 4) is 0 Å². The number of nitrogens with one attached hydrogen (secondary N) is 2. The van der Waals surface area contributed by atoms with Crippen LogP contribution in [0, 0.1) is 0 Å². The minimum atomic E-state index is -3.90. The third-order valence-corrected chi connectivity index (χ3v) is 6.11. The first-order valence-corrected chi connectivity index (χ1v) is 10.4. The zero-order valence-corrected chi connectivity index (χ0v) is 17.8. The van der Waals surface area contributed by atoms with E-state index in [1.165, 1.54) is 44.5 Å². The Morgan fingerprint density at radius 3 is 2.24 bits per heavy atom. The number of likely N-dealkylation sites (N-methyl/N-ethyl adjacent to an activating group) is 1. The molecule has 11 heteroatoms. The number of benzene rings is 2. The number of amides is 2. The molecule has 154 valence electrons. The molecular weight excluding hydrogens is 439 g/mol. The second kappa shape index (κ2) is 9.84. The number of hydrazone groups is 1. The standard InChI is InChI=1S/C18H18Cl2N4O4S/c1-12(25)22-13-6-8-14(9-7-13)29(27,28)24(2)11-18(26)23-21-10-15-16(19)4-3-5-17(15)20/h3-10H,11H2,1-2H3,(H,22,25)(H,23,26)/b21-10+. The number of halogens is 2. The minimum Gasteiger partial charge on any atom is -0.326 e. The monoisotopic (exact) mass is 456 g/mol. The van der Waals surface area contributed by atoms with Gasteiger partial charge in [-0.1, -0.05) is 29.3 Å². The number of rotatable bonds is 7.